The van der Waals surface area contributed by atoms with Gasteiger partial charge in [0.15, 0.2) is 11.5 Å². The van der Waals surface area contributed by atoms with Crippen LogP contribution in [0.5, 0.6) is 17.2 Å². The average Bonchev–Trinajstić information content (AvgIpc) is 2.52. The van der Waals surface area contributed by atoms with Gasteiger partial charge in [-0.05, 0) is 42.3 Å². The predicted octanol–water partition coefficient (Wildman–Crippen LogP) is 5.16. The molecule has 0 amide bonds. The number of phenols is 1. The van der Waals surface area contributed by atoms with E-state index in [1.807, 2.05) is 73.7 Å². The molecule has 3 rings (SSSR count). The molecule has 0 aliphatic heterocycles. The van der Waals surface area contributed by atoms with Crippen molar-refractivity contribution < 1.29 is 9.84 Å². The van der Waals surface area contributed by atoms with Crippen molar-refractivity contribution in [3.8, 4) is 28.4 Å². The minimum atomic E-state index is 0.134. The van der Waals surface area contributed by atoms with Gasteiger partial charge < -0.3 is 9.84 Å². The van der Waals surface area contributed by atoms with Gasteiger partial charge in [-0.3, -0.25) is 0 Å². The van der Waals surface area contributed by atoms with E-state index >= 15 is 0 Å². The van der Waals surface area contributed by atoms with E-state index in [4.69, 9.17) is 4.74 Å². The summed E-state index contributed by atoms with van der Waals surface area (Å²) < 4.78 is 5.78. The Balaban J connectivity index is 1.93. The summed E-state index contributed by atoms with van der Waals surface area (Å²) in [6.07, 6.45) is 0. The maximum absolute atomic E-state index is 9.97. The van der Waals surface area contributed by atoms with Crippen LogP contribution in [0.1, 0.15) is 5.56 Å². The molecule has 0 atom stereocenters. The first-order chi connectivity index (χ1) is 10.2. The van der Waals surface area contributed by atoms with Crippen molar-refractivity contribution in [2.24, 2.45) is 0 Å². The fourth-order valence-electron chi connectivity index (χ4n) is 2.14. The number of phenolic OH excluding ortho intramolecular Hbond substituents is 1. The highest BCUT2D eigenvalue weighted by atomic mass is 16.5. The Morgan fingerprint density at radius 2 is 1.48 bits per heavy atom. The summed E-state index contributed by atoms with van der Waals surface area (Å²) in [7, 11) is 0. The van der Waals surface area contributed by atoms with Gasteiger partial charge in [-0.2, -0.15) is 0 Å². The van der Waals surface area contributed by atoms with Crippen LogP contribution in [0.25, 0.3) is 11.1 Å². The van der Waals surface area contributed by atoms with Crippen molar-refractivity contribution in [3.63, 3.8) is 0 Å². The van der Waals surface area contributed by atoms with Crippen LogP contribution in [-0.4, -0.2) is 5.11 Å². The largest absolute Gasteiger partial charge is 0.504 e. The zero-order chi connectivity index (χ0) is 14.7. The minimum absolute atomic E-state index is 0.134. The van der Waals surface area contributed by atoms with Gasteiger partial charge in [-0.15, -0.1) is 0 Å². The van der Waals surface area contributed by atoms with E-state index in [9.17, 15) is 5.11 Å². The molecule has 3 aromatic carbocycles. The van der Waals surface area contributed by atoms with Gasteiger partial charge >= 0.3 is 0 Å². The second-order valence-corrected chi connectivity index (χ2v) is 4.96. The van der Waals surface area contributed by atoms with Crippen molar-refractivity contribution in [1.82, 2.24) is 0 Å². The lowest BCUT2D eigenvalue weighted by molar-refractivity contribution is 0.411. The SMILES string of the molecule is Cc1ccc(Oc2cc(-c3ccccc3)ccc2O)cc1. The molecule has 0 unspecified atom stereocenters. The Hall–Kier alpha value is -2.74. The number of ether oxygens (including phenoxy) is 1. The van der Waals surface area contributed by atoms with Gasteiger partial charge in [-0.25, -0.2) is 0 Å². The topological polar surface area (TPSA) is 29.5 Å². The van der Waals surface area contributed by atoms with Crippen molar-refractivity contribution >= 4 is 0 Å². The van der Waals surface area contributed by atoms with Crippen LogP contribution in [0.4, 0.5) is 0 Å². The van der Waals surface area contributed by atoms with Gasteiger partial charge in [0, 0.05) is 0 Å². The standard InChI is InChI=1S/C19H16O2/c1-14-7-10-17(11-8-14)21-19-13-16(9-12-18(19)20)15-5-3-2-4-6-15/h2-13,20H,1H3. The quantitative estimate of drug-likeness (QED) is 0.716. The molecule has 104 valence electrons. The molecule has 2 nitrogen and oxygen atoms in total. The average molecular weight is 276 g/mol. The molecule has 2 heteroatoms. The van der Waals surface area contributed by atoms with Crippen molar-refractivity contribution in [3.05, 3.63) is 78.4 Å². The van der Waals surface area contributed by atoms with E-state index in [0.717, 1.165) is 11.1 Å². The molecule has 0 radical (unpaired) electrons. The fraction of sp³-hybridized carbons (Fsp3) is 0.0526. The van der Waals surface area contributed by atoms with E-state index < -0.39 is 0 Å². The van der Waals surface area contributed by atoms with Crippen molar-refractivity contribution in [2.75, 3.05) is 0 Å². The third-order valence-corrected chi connectivity index (χ3v) is 3.32. The van der Waals surface area contributed by atoms with E-state index in [-0.39, 0.29) is 5.75 Å². The first-order valence-corrected chi connectivity index (χ1v) is 6.85. The van der Waals surface area contributed by atoms with Crippen molar-refractivity contribution in [1.29, 1.82) is 0 Å². The van der Waals surface area contributed by atoms with Gasteiger partial charge in [0.25, 0.3) is 0 Å². The summed E-state index contributed by atoms with van der Waals surface area (Å²) in [4.78, 5) is 0. The van der Waals surface area contributed by atoms with Crippen LogP contribution in [0.15, 0.2) is 72.8 Å². The van der Waals surface area contributed by atoms with E-state index in [1.165, 1.54) is 5.56 Å². The molecule has 0 saturated carbocycles. The molecular formula is C19H16O2. The molecule has 0 aromatic heterocycles. The molecule has 21 heavy (non-hydrogen) atoms. The third-order valence-electron chi connectivity index (χ3n) is 3.32. The molecular weight excluding hydrogens is 260 g/mol. The van der Waals surface area contributed by atoms with Gasteiger partial charge in [0.2, 0.25) is 0 Å². The molecule has 0 saturated heterocycles. The number of aryl methyl sites for hydroxylation is 1. The van der Waals surface area contributed by atoms with E-state index in [1.54, 1.807) is 6.07 Å². The number of benzene rings is 3. The van der Waals surface area contributed by atoms with Crippen LogP contribution >= 0.6 is 0 Å². The molecule has 1 N–H and O–H groups in total. The summed E-state index contributed by atoms with van der Waals surface area (Å²) in [5, 5.41) is 9.97. The normalized spacial score (nSPS) is 10.3. The lowest BCUT2D eigenvalue weighted by Crippen LogP contribution is -1.86. The molecule has 0 aliphatic rings. The van der Waals surface area contributed by atoms with Crippen molar-refractivity contribution in [2.45, 2.75) is 6.92 Å². The summed E-state index contributed by atoms with van der Waals surface area (Å²) in [6.45, 7) is 2.03. The summed E-state index contributed by atoms with van der Waals surface area (Å²) >= 11 is 0. The molecule has 0 bridgehead atoms. The molecule has 0 fully saturated rings. The highest BCUT2D eigenvalue weighted by Crippen LogP contribution is 2.34. The second kappa shape index (κ2) is 5.71. The third kappa shape index (κ3) is 3.06. The number of hydrogen-bond acceptors (Lipinski definition) is 2. The summed E-state index contributed by atoms with van der Waals surface area (Å²) in [5.41, 5.74) is 3.27. The Morgan fingerprint density at radius 1 is 0.762 bits per heavy atom. The summed E-state index contributed by atoms with van der Waals surface area (Å²) in [5.74, 6) is 1.30. The first kappa shape index (κ1) is 13.3. The van der Waals surface area contributed by atoms with Gasteiger partial charge in [-0.1, -0.05) is 54.1 Å². The van der Waals surface area contributed by atoms with E-state index in [2.05, 4.69) is 0 Å². The molecule has 0 heterocycles. The maximum atomic E-state index is 9.97. The lowest BCUT2D eigenvalue weighted by Gasteiger charge is -2.10. The van der Waals surface area contributed by atoms with Gasteiger partial charge in [0.05, 0.1) is 0 Å². The van der Waals surface area contributed by atoms with Crippen LogP contribution in [0, 0.1) is 6.92 Å². The van der Waals surface area contributed by atoms with Crippen LogP contribution < -0.4 is 4.74 Å². The zero-order valence-corrected chi connectivity index (χ0v) is 11.8. The fourth-order valence-corrected chi connectivity index (χ4v) is 2.14. The Kier molecular flexibility index (Phi) is 3.61. The maximum Gasteiger partial charge on any atom is 0.169 e. The molecule has 0 spiro atoms. The number of hydrogen-bond donors (Lipinski definition) is 1. The monoisotopic (exact) mass is 276 g/mol. The number of rotatable bonds is 3. The molecule has 3 aromatic rings. The zero-order valence-electron chi connectivity index (χ0n) is 11.8. The predicted molar refractivity (Wildman–Crippen MR) is 84.8 cm³/mol. The lowest BCUT2D eigenvalue weighted by atomic mass is 10.1. The Labute approximate surface area is 124 Å². The highest BCUT2D eigenvalue weighted by molar-refractivity contribution is 5.67. The van der Waals surface area contributed by atoms with Gasteiger partial charge in [0.1, 0.15) is 5.75 Å². The smallest absolute Gasteiger partial charge is 0.169 e. The first-order valence-electron chi connectivity index (χ1n) is 6.85. The minimum Gasteiger partial charge on any atom is -0.504 e. The Bertz CT molecular complexity index is 731. The van der Waals surface area contributed by atoms with E-state index in [0.29, 0.717) is 11.5 Å². The van der Waals surface area contributed by atoms with Crippen LogP contribution in [0.3, 0.4) is 0 Å². The van der Waals surface area contributed by atoms with Crippen LogP contribution in [-0.2, 0) is 0 Å². The summed E-state index contributed by atoms with van der Waals surface area (Å²) in [6, 6.07) is 23.2. The highest BCUT2D eigenvalue weighted by Gasteiger charge is 2.07. The Morgan fingerprint density at radius 3 is 2.19 bits per heavy atom. The second-order valence-electron chi connectivity index (χ2n) is 4.96. The van der Waals surface area contributed by atoms with Crippen LogP contribution in [0.2, 0.25) is 0 Å². The molecule has 0 aliphatic carbocycles. The number of aromatic hydroxyl groups is 1.